The van der Waals surface area contributed by atoms with Crippen molar-refractivity contribution < 1.29 is 9.59 Å². The normalized spacial score (nSPS) is 24.8. The number of unbranched alkanes of at least 4 members (excludes halogenated alkanes) is 1. The van der Waals surface area contributed by atoms with Crippen molar-refractivity contribution in [3.8, 4) is 0 Å². The molecule has 1 rings (SSSR count). The predicted octanol–water partition coefficient (Wildman–Crippen LogP) is 3.47. The number of hydrogen-bond acceptors (Lipinski definition) is 2. The van der Waals surface area contributed by atoms with Crippen LogP contribution in [0.1, 0.15) is 72.1 Å². The van der Waals surface area contributed by atoms with Gasteiger partial charge in [0.25, 0.3) is 0 Å². The van der Waals surface area contributed by atoms with Crippen molar-refractivity contribution in [2.24, 2.45) is 11.8 Å². The highest BCUT2D eigenvalue weighted by molar-refractivity contribution is 5.89. The predicted molar refractivity (Wildman–Crippen MR) is 77.9 cm³/mol. The van der Waals surface area contributed by atoms with Gasteiger partial charge < -0.3 is 5.32 Å². The standard InChI is InChI=1S/C16H29NO2/c1-4-6-7-13-8-10-14(11-9-13)16(19)17-12(3)15(18)5-2/h12-14H,4-11H2,1-3H3,(H,17,19). The fourth-order valence-corrected chi connectivity index (χ4v) is 2.92. The van der Waals surface area contributed by atoms with Crippen LogP contribution in [0.5, 0.6) is 0 Å². The maximum atomic E-state index is 12.1. The first-order valence-corrected chi connectivity index (χ1v) is 7.91. The molecule has 0 saturated heterocycles. The van der Waals surface area contributed by atoms with E-state index in [0.29, 0.717) is 6.42 Å². The van der Waals surface area contributed by atoms with E-state index in [1.54, 1.807) is 6.92 Å². The third-order valence-corrected chi connectivity index (χ3v) is 4.37. The van der Waals surface area contributed by atoms with Gasteiger partial charge in [0, 0.05) is 12.3 Å². The average Bonchev–Trinajstić information content (AvgIpc) is 2.44. The Labute approximate surface area is 117 Å². The van der Waals surface area contributed by atoms with Crippen LogP contribution in [-0.4, -0.2) is 17.7 Å². The summed E-state index contributed by atoms with van der Waals surface area (Å²) in [5, 5.41) is 2.87. The maximum Gasteiger partial charge on any atom is 0.223 e. The van der Waals surface area contributed by atoms with Crippen LogP contribution in [0.3, 0.4) is 0 Å². The van der Waals surface area contributed by atoms with Crippen LogP contribution in [0.15, 0.2) is 0 Å². The summed E-state index contributed by atoms with van der Waals surface area (Å²) in [6, 6.07) is -0.324. The third-order valence-electron chi connectivity index (χ3n) is 4.37. The second kappa shape index (κ2) is 8.34. The van der Waals surface area contributed by atoms with E-state index in [1.807, 2.05) is 6.92 Å². The SMILES string of the molecule is CCCCC1CCC(C(=O)NC(C)C(=O)CC)CC1. The minimum absolute atomic E-state index is 0.0863. The van der Waals surface area contributed by atoms with Crippen molar-refractivity contribution in [3.05, 3.63) is 0 Å². The van der Waals surface area contributed by atoms with Gasteiger partial charge in [-0.3, -0.25) is 9.59 Å². The topological polar surface area (TPSA) is 46.2 Å². The molecule has 0 bridgehead atoms. The highest BCUT2D eigenvalue weighted by atomic mass is 16.2. The summed E-state index contributed by atoms with van der Waals surface area (Å²) in [5.74, 6) is 1.15. The molecule has 1 saturated carbocycles. The lowest BCUT2D eigenvalue weighted by Gasteiger charge is -2.28. The number of rotatable bonds is 7. The van der Waals surface area contributed by atoms with Crippen LogP contribution >= 0.6 is 0 Å². The molecule has 0 aliphatic heterocycles. The number of hydrogen-bond donors (Lipinski definition) is 1. The zero-order valence-electron chi connectivity index (χ0n) is 12.7. The van der Waals surface area contributed by atoms with Gasteiger partial charge in [-0.1, -0.05) is 33.1 Å². The molecule has 1 fully saturated rings. The summed E-state index contributed by atoms with van der Waals surface area (Å²) < 4.78 is 0. The Morgan fingerprint density at radius 3 is 2.32 bits per heavy atom. The molecule has 3 heteroatoms. The van der Waals surface area contributed by atoms with Gasteiger partial charge in [-0.2, -0.15) is 0 Å². The summed E-state index contributed by atoms with van der Waals surface area (Å²) in [6.45, 7) is 5.85. The lowest BCUT2D eigenvalue weighted by molar-refractivity contribution is -0.130. The van der Waals surface area contributed by atoms with E-state index < -0.39 is 0 Å². The van der Waals surface area contributed by atoms with Gasteiger partial charge in [-0.15, -0.1) is 0 Å². The van der Waals surface area contributed by atoms with Crippen molar-refractivity contribution in [2.75, 3.05) is 0 Å². The summed E-state index contributed by atoms with van der Waals surface area (Å²) >= 11 is 0. The molecule has 1 N–H and O–H groups in total. The van der Waals surface area contributed by atoms with Gasteiger partial charge in [-0.25, -0.2) is 0 Å². The zero-order valence-corrected chi connectivity index (χ0v) is 12.7. The smallest absolute Gasteiger partial charge is 0.223 e. The monoisotopic (exact) mass is 267 g/mol. The molecule has 19 heavy (non-hydrogen) atoms. The Morgan fingerprint density at radius 1 is 1.16 bits per heavy atom. The molecule has 3 nitrogen and oxygen atoms in total. The van der Waals surface area contributed by atoms with E-state index in [4.69, 9.17) is 0 Å². The lowest BCUT2D eigenvalue weighted by atomic mass is 9.79. The molecule has 0 spiro atoms. The van der Waals surface area contributed by atoms with Crippen LogP contribution in [0.25, 0.3) is 0 Å². The van der Waals surface area contributed by atoms with Crippen LogP contribution < -0.4 is 5.32 Å². The van der Waals surface area contributed by atoms with Gasteiger partial charge in [0.05, 0.1) is 6.04 Å². The quantitative estimate of drug-likeness (QED) is 0.767. The summed E-state index contributed by atoms with van der Waals surface area (Å²) in [4.78, 5) is 23.6. The molecule has 1 aliphatic rings. The Balaban J connectivity index is 2.30. The number of nitrogens with one attached hydrogen (secondary N) is 1. The molecule has 1 unspecified atom stereocenters. The molecule has 1 amide bonds. The molecule has 0 radical (unpaired) electrons. The lowest BCUT2D eigenvalue weighted by Crippen LogP contribution is -2.42. The van der Waals surface area contributed by atoms with Crippen LogP contribution in [-0.2, 0) is 9.59 Å². The molecule has 0 heterocycles. The van der Waals surface area contributed by atoms with Gasteiger partial charge in [-0.05, 0) is 38.5 Å². The van der Waals surface area contributed by atoms with Crippen molar-refractivity contribution in [1.82, 2.24) is 5.32 Å². The molecular weight excluding hydrogens is 238 g/mol. The molecule has 0 aromatic carbocycles. The van der Waals surface area contributed by atoms with Crippen LogP contribution in [0, 0.1) is 11.8 Å². The van der Waals surface area contributed by atoms with Crippen molar-refractivity contribution in [2.45, 2.75) is 78.2 Å². The van der Waals surface area contributed by atoms with E-state index in [1.165, 1.54) is 32.1 Å². The second-order valence-electron chi connectivity index (χ2n) is 5.91. The molecule has 0 aromatic rings. The highest BCUT2D eigenvalue weighted by Crippen LogP contribution is 2.32. The van der Waals surface area contributed by atoms with Crippen LogP contribution in [0.4, 0.5) is 0 Å². The first-order chi connectivity index (χ1) is 9.08. The van der Waals surface area contributed by atoms with Gasteiger partial charge in [0.15, 0.2) is 5.78 Å². The van der Waals surface area contributed by atoms with Crippen molar-refractivity contribution >= 4 is 11.7 Å². The fourth-order valence-electron chi connectivity index (χ4n) is 2.92. The van der Waals surface area contributed by atoms with Crippen molar-refractivity contribution in [3.63, 3.8) is 0 Å². The number of carbonyl (C=O) groups excluding carboxylic acids is 2. The maximum absolute atomic E-state index is 12.1. The number of carbonyl (C=O) groups is 2. The molecule has 1 atom stereocenters. The van der Waals surface area contributed by atoms with E-state index in [-0.39, 0.29) is 23.7 Å². The van der Waals surface area contributed by atoms with E-state index in [0.717, 1.165) is 18.8 Å². The molecule has 110 valence electrons. The molecular formula is C16H29NO2. The Morgan fingerprint density at radius 2 is 1.79 bits per heavy atom. The van der Waals surface area contributed by atoms with Gasteiger partial charge >= 0.3 is 0 Å². The minimum Gasteiger partial charge on any atom is -0.346 e. The zero-order chi connectivity index (χ0) is 14.3. The average molecular weight is 267 g/mol. The minimum atomic E-state index is -0.324. The van der Waals surface area contributed by atoms with Crippen molar-refractivity contribution in [1.29, 1.82) is 0 Å². The summed E-state index contributed by atoms with van der Waals surface area (Å²) in [7, 11) is 0. The molecule has 1 aliphatic carbocycles. The van der Waals surface area contributed by atoms with Gasteiger partial charge in [0.1, 0.15) is 0 Å². The van der Waals surface area contributed by atoms with Gasteiger partial charge in [0.2, 0.25) is 5.91 Å². The number of ketones is 1. The fraction of sp³-hybridized carbons (Fsp3) is 0.875. The van der Waals surface area contributed by atoms with Crippen LogP contribution in [0.2, 0.25) is 0 Å². The summed E-state index contributed by atoms with van der Waals surface area (Å²) in [6.07, 6.45) is 8.71. The Hall–Kier alpha value is -0.860. The first-order valence-electron chi connectivity index (χ1n) is 7.91. The Kier molecular flexibility index (Phi) is 7.11. The first kappa shape index (κ1) is 16.2. The largest absolute Gasteiger partial charge is 0.346 e. The second-order valence-corrected chi connectivity index (χ2v) is 5.91. The number of Topliss-reactive ketones (excluding diaryl/α,β-unsaturated/α-hetero) is 1. The van der Waals surface area contributed by atoms with E-state index in [9.17, 15) is 9.59 Å². The summed E-state index contributed by atoms with van der Waals surface area (Å²) in [5.41, 5.74) is 0. The number of amides is 1. The Bertz CT molecular complexity index is 293. The third kappa shape index (κ3) is 5.33. The molecule has 0 aromatic heterocycles. The van der Waals surface area contributed by atoms with E-state index in [2.05, 4.69) is 12.2 Å². The van der Waals surface area contributed by atoms with E-state index >= 15 is 0 Å². The highest BCUT2D eigenvalue weighted by Gasteiger charge is 2.27.